The molecule has 3 amide bonds. The Morgan fingerprint density at radius 3 is 2.79 bits per heavy atom. The molecule has 0 aliphatic carbocycles. The second-order valence-electron chi connectivity index (χ2n) is 6.40. The number of nitrogens with one attached hydrogen (secondary N) is 1. The molecular formula is C15H21N5O3S. The number of likely N-dealkylation sites (tertiary alicyclic amines) is 2. The molecule has 130 valence electrons. The van der Waals surface area contributed by atoms with E-state index in [9.17, 15) is 14.4 Å². The van der Waals surface area contributed by atoms with Gasteiger partial charge >= 0.3 is 11.8 Å². The molecule has 0 unspecified atom stereocenters. The molecule has 2 saturated heterocycles. The minimum Gasteiger partial charge on any atom is -0.345 e. The fraction of sp³-hybridized carbons (Fsp3) is 0.667. The zero-order chi connectivity index (χ0) is 17.3. The average Bonchev–Trinajstić information content (AvgIpc) is 3.19. The van der Waals surface area contributed by atoms with Crippen LogP contribution < -0.4 is 5.32 Å². The number of rotatable bonds is 2. The van der Waals surface area contributed by atoms with Crippen molar-refractivity contribution in [2.45, 2.75) is 32.6 Å². The molecule has 1 aromatic heterocycles. The first-order valence-electron chi connectivity index (χ1n) is 8.13. The number of amides is 3. The summed E-state index contributed by atoms with van der Waals surface area (Å²) < 4.78 is 0. The molecule has 2 aliphatic heterocycles. The highest BCUT2D eigenvalue weighted by molar-refractivity contribution is 7.15. The van der Waals surface area contributed by atoms with Crippen LogP contribution in [-0.4, -0.2) is 64.4 Å². The van der Waals surface area contributed by atoms with Crippen molar-refractivity contribution in [3.8, 4) is 0 Å². The molecule has 0 saturated carbocycles. The lowest BCUT2D eigenvalue weighted by Crippen LogP contribution is -2.49. The molecule has 2 aliphatic rings. The van der Waals surface area contributed by atoms with Crippen molar-refractivity contribution in [2.75, 3.05) is 32.0 Å². The van der Waals surface area contributed by atoms with Crippen LogP contribution in [0.2, 0.25) is 0 Å². The number of nitrogens with zero attached hydrogens (tertiary/aromatic N) is 4. The molecule has 0 radical (unpaired) electrons. The number of carbonyl (C=O) groups excluding carboxylic acids is 3. The van der Waals surface area contributed by atoms with E-state index in [-0.39, 0.29) is 5.91 Å². The van der Waals surface area contributed by atoms with Crippen LogP contribution in [0.4, 0.5) is 5.13 Å². The molecule has 1 aromatic rings. The smallest absolute Gasteiger partial charge is 0.315 e. The lowest BCUT2D eigenvalue weighted by molar-refractivity contribution is -0.146. The quantitative estimate of drug-likeness (QED) is 0.783. The maximum atomic E-state index is 12.5. The minimum atomic E-state index is -0.720. The van der Waals surface area contributed by atoms with Crippen molar-refractivity contribution in [3.63, 3.8) is 0 Å². The van der Waals surface area contributed by atoms with E-state index < -0.39 is 17.2 Å². The second-order valence-corrected chi connectivity index (χ2v) is 7.46. The summed E-state index contributed by atoms with van der Waals surface area (Å²) in [6, 6.07) is 0. The Morgan fingerprint density at radius 1 is 1.29 bits per heavy atom. The highest BCUT2D eigenvalue weighted by Gasteiger charge is 2.49. The molecule has 3 heterocycles. The monoisotopic (exact) mass is 351 g/mol. The SMILES string of the molecule is CCc1nnc(NC(=O)C(=O)N2CC[C@@]3(CCCN(C)C3=O)C2)s1. The number of hydrogen-bond donors (Lipinski definition) is 1. The van der Waals surface area contributed by atoms with Gasteiger partial charge in [-0.25, -0.2) is 0 Å². The molecular weight excluding hydrogens is 330 g/mol. The number of carbonyl (C=O) groups is 3. The molecule has 1 atom stereocenters. The van der Waals surface area contributed by atoms with E-state index in [1.165, 1.54) is 16.2 Å². The van der Waals surface area contributed by atoms with Gasteiger partial charge in [-0.2, -0.15) is 0 Å². The summed E-state index contributed by atoms with van der Waals surface area (Å²) in [7, 11) is 1.79. The van der Waals surface area contributed by atoms with Crippen LogP contribution in [0.3, 0.4) is 0 Å². The molecule has 0 aromatic carbocycles. The predicted molar refractivity (Wildman–Crippen MR) is 88.4 cm³/mol. The summed E-state index contributed by atoms with van der Waals surface area (Å²) in [5.41, 5.74) is -0.513. The summed E-state index contributed by atoms with van der Waals surface area (Å²) in [5.74, 6) is -1.25. The third-order valence-corrected chi connectivity index (χ3v) is 5.76. The highest BCUT2D eigenvalue weighted by atomic mass is 32.1. The lowest BCUT2D eigenvalue weighted by atomic mass is 9.78. The first-order chi connectivity index (χ1) is 11.4. The maximum absolute atomic E-state index is 12.5. The largest absolute Gasteiger partial charge is 0.345 e. The summed E-state index contributed by atoms with van der Waals surface area (Å²) in [4.78, 5) is 40.2. The van der Waals surface area contributed by atoms with Crippen LogP contribution in [0.25, 0.3) is 0 Å². The molecule has 1 spiro atoms. The zero-order valence-electron chi connectivity index (χ0n) is 13.9. The summed E-state index contributed by atoms with van der Waals surface area (Å²) in [6.45, 7) is 3.45. The van der Waals surface area contributed by atoms with Gasteiger partial charge < -0.3 is 9.80 Å². The highest BCUT2D eigenvalue weighted by Crippen LogP contribution is 2.39. The van der Waals surface area contributed by atoms with Crippen LogP contribution in [0.5, 0.6) is 0 Å². The standard InChI is InChI=1S/C15H21N5O3S/c1-3-10-17-18-14(24-10)16-11(21)12(22)20-8-6-15(9-20)5-4-7-19(2)13(15)23/h3-9H2,1-2H3,(H,16,18,21)/t15-/m0/s1. The van der Waals surface area contributed by atoms with E-state index >= 15 is 0 Å². The van der Waals surface area contributed by atoms with Crippen LogP contribution in [0.1, 0.15) is 31.2 Å². The van der Waals surface area contributed by atoms with Gasteiger partial charge in [0.15, 0.2) is 0 Å². The van der Waals surface area contributed by atoms with E-state index in [0.717, 1.165) is 30.8 Å². The summed E-state index contributed by atoms with van der Waals surface area (Å²) >= 11 is 1.26. The summed E-state index contributed by atoms with van der Waals surface area (Å²) in [5, 5.41) is 11.4. The Bertz CT molecular complexity index is 676. The number of aryl methyl sites for hydroxylation is 1. The van der Waals surface area contributed by atoms with Gasteiger partial charge in [0.1, 0.15) is 5.01 Å². The number of piperidine rings is 1. The van der Waals surface area contributed by atoms with Gasteiger partial charge in [0.25, 0.3) is 0 Å². The Balaban J connectivity index is 1.63. The van der Waals surface area contributed by atoms with Gasteiger partial charge in [0.05, 0.1) is 5.41 Å². The van der Waals surface area contributed by atoms with E-state index in [1.54, 1.807) is 11.9 Å². The third-order valence-electron chi connectivity index (χ3n) is 4.77. The van der Waals surface area contributed by atoms with Crippen LogP contribution >= 0.6 is 11.3 Å². The maximum Gasteiger partial charge on any atom is 0.315 e. The molecule has 24 heavy (non-hydrogen) atoms. The fourth-order valence-electron chi connectivity index (χ4n) is 3.43. The first kappa shape index (κ1) is 16.8. The van der Waals surface area contributed by atoms with E-state index in [1.807, 2.05) is 6.92 Å². The Labute approximate surface area is 144 Å². The van der Waals surface area contributed by atoms with Crippen molar-refractivity contribution in [3.05, 3.63) is 5.01 Å². The minimum absolute atomic E-state index is 0.0844. The average molecular weight is 351 g/mol. The van der Waals surface area contributed by atoms with Gasteiger partial charge in [-0.3, -0.25) is 19.7 Å². The molecule has 0 bridgehead atoms. The van der Waals surface area contributed by atoms with Crippen LogP contribution in [-0.2, 0) is 20.8 Å². The molecule has 3 rings (SSSR count). The molecule has 8 nitrogen and oxygen atoms in total. The van der Waals surface area contributed by atoms with Crippen LogP contribution in [0, 0.1) is 5.41 Å². The molecule has 9 heteroatoms. The third kappa shape index (κ3) is 3.00. The second kappa shape index (κ2) is 6.46. The number of aromatic nitrogens is 2. The van der Waals surface area contributed by atoms with Crippen molar-refractivity contribution >= 4 is 34.2 Å². The Hall–Kier alpha value is -2.03. The lowest BCUT2D eigenvalue weighted by Gasteiger charge is -2.37. The zero-order valence-corrected chi connectivity index (χ0v) is 14.7. The van der Waals surface area contributed by atoms with Gasteiger partial charge in [-0.1, -0.05) is 18.3 Å². The van der Waals surface area contributed by atoms with E-state index in [2.05, 4.69) is 15.5 Å². The van der Waals surface area contributed by atoms with E-state index in [4.69, 9.17) is 0 Å². The van der Waals surface area contributed by atoms with Gasteiger partial charge in [0, 0.05) is 26.7 Å². The topological polar surface area (TPSA) is 95.5 Å². The normalized spacial score (nSPS) is 23.8. The predicted octanol–water partition coefficient (Wildman–Crippen LogP) is 0.510. The summed E-state index contributed by atoms with van der Waals surface area (Å²) in [6.07, 6.45) is 3.05. The Kier molecular flexibility index (Phi) is 4.53. The Morgan fingerprint density at radius 2 is 2.08 bits per heavy atom. The molecule has 2 fully saturated rings. The van der Waals surface area contributed by atoms with Gasteiger partial charge in [-0.05, 0) is 25.7 Å². The van der Waals surface area contributed by atoms with Crippen molar-refractivity contribution in [2.24, 2.45) is 5.41 Å². The fourth-order valence-corrected chi connectivity index (χ4v) is 4.11. The first-order valence-corrected chi connectivity index (χ1v) is 8.95. The van der Waals surface area contributed by atoms with Crippen molar-refractivity contribution < 1.29 is 14.4 Å². The molecule has 1 N–H and O–H groups in total. The number of anilines is 1. The van der Waals surface area contributed by atoms with E-state index in [0.29, 0.717) is 24.6 Å². The van der Waals surface area contributed by atoms with Gasteiger partial charge in [-0.15, -0.1) is 10.2 Å². The number of hydrogen-bond acceptors (Lipinski definition) is 6. The van der Waals surface area contributed by atoms with Crippen molar-refractivity contribution in [1.29, 1.82) is 0 Å². The van der Waals surface area contributed by atoms with Crippen molar-refractivity contribution in [1.82, 2.24) is 20.0 Å². The van der Waals surface area contributed by atoms with Gasteiger partial charge in [0.2, 0.25) is 11.0 Å². The van der Waals surface area contributed by atoms with Crippen LogP contribution in [0.15, 0.2) is 0 Å².